The van der Waals surface area contributed by atoms with E-state index in [1.54, 1.807) is 21.1 Å². The first-order valence-corrected chi connectivity index (χ1v) is 20.3. The summed E-state index contributed by atoms with van der Waals surface area (Å²) in [6.45, 7) is 4.47. The third kappa shape index (κ3) is 32.9. The average molecular weight is 730 g/mol. The second-order valence-electron chi connectivity index (χ2n) is 14.5. The van der Waals surface area contributed by atoms with Crippen LogP contribution in [0, 0.1) is 0 Å². The summed E-state index contributed by atoms with van der Waals surface area (Å²) in [7, 11) is 5.38. The molecule has 0 rings (SSSR count). The molecule has 0 spiro atoms. The van der Waals surface area contributed by atoms with Gasteiger partial charge in [0, 0.05) is 19.3 Å². The Kier molecular flexibility index (Phi) is 33.1. The van der Waals surface area contributed by atoms with Gasteiger partial charge in [-0.15, -0.1) is 0 Å². The monoisotopic (exact) mass is 730 g/mol. The van der Waals surface area contributed by atoms with E-state index < -0.39 is 18.1 Å². The topological polar surface area (TPSA) is 102 Å². The van der Waals surface area contributed by atoms with Gasteiger partial charge in [0.15, 0.2) is 6.10 Å². The first-order valence-electron chi connectivity index (χ1n) is 20.3. The summed E-state index contributed by atoms with van der Waals surface area (Å²) in [5, 5.41) is 11.6. The van der Waals surface area contributed by atoms with Gasteiger partial charge in [-0.2, -0.15) is 0 Å². The van der Waals surface area contributed by atoms with E-state index in [9.17, 15) is 19.5 Å². The molecule has 0 bridgehead atoms. The molecule has 0 fully saturated rings. The quantitative estimate of drug-likeness (QED) is 0.0277. The molecule has 0 aliphatic heterocycles. The Hall–Kier alpha value is -2.97. The number of carboxylic acids is 1. The van der Waals surface area contributed by atoms with Gasteiger partial charge in [-0.25, -0.2) is 0 Å². The van der Waals surface area contributed by atoms with Crippen molar-refractivity contribution in [1.82, 2.24) is 0 Å². The molecule has 52 heavy (non-hydrogen) atoms. The number of quaternary nitrogens is 1. The van der Waals surface area contributed by atoms with Crippen LogP contribution >= 0.6 is 0 Å². The molecule has 0 aromatic carbocycles. The molecule has 0 saturated heterocycles. The number of rotatable bonds is 35. The predicted octanol–water partition coefficient (Wildman–Crippen LogP) is 9.30. The van der Waals surface area contributed by atoms with Gasteiger partial charge in [0.25, 0.3) is 0 Å². The molecule has 0 aromatic rings. The Balaban J connectivity index is 4.44. The van der Waals surface area contributed by atoms with Crippen molar-refractivity contribution in [3.63, 3.8) is 0 Å². The fourth-order valence-electron chi connectivity index (χ4n) is 5.51. The van der Waals surface area contributed by atoms with Crippen LogP contribution in [-0.2, 0) is 28.6 Å². The zero-order valence-corrected chi connectivity index (χ0v) is 33.7. The number of esters is 2. The van der Waals surface area contributed by atoms with Crippen LogP contribution in [-0.4, -0.2) is 75.5 Å². The van der Waals surface area contributed by atoms with Crippen molar-refractivity contribution in [2.75, 3.05) is 41.0 Å². The van der Waals surface area contributed by atoms with Gasteiger partial charge in [-0.1, -0.05) is 132 Å². The number of carbonyl (C=O) groups is 3. The zero-order chi connectivity index (χ0) is 38.5. The van der Waals surface area contributed by atoms with Crippen LogP contribution in [0.3, 0.4) is 0 Å². The molecular formula is C44H75NO7. The number of likely N-dealkylation sites (N-methyl/N-ethyl adjacent to an activating group) is 1. The second kappa shape index (κ2) is 35.1. The molecular weight excluding hydrogens is 654 g/mol. The molecule has 0 N–H and O–H groups in total. The number of hydrogen-bond acceptors (Lipinski definition) is 7. The smallest absolute Gasteiger partial charge is 0.306 e. The lowest BCUT2D eigenvalue weighted by molar-refractivity contribution is -0.889. The number of nitrogens with zero attached hydrogens (tertiary/aromatic N) is 1. The largest absolute Gasteiger partial charge is 0.544 e. The van der Waals surface area contributed by atoms with Gasteiger partial charge >= 0.3 is 11.9 Å². The lowest BCUT2D eigenvalue weighted by atomic mass is 10.1. The van der Waals surface area contributed by atoms with Crippen molar-refractivity contribution in [2.24, 2.45) is 0 Å². The minimum Gasteiger partial charge on any atom is -0.544 e. The summed E-state index contributed by atoms with van der Waals surface area (Å²) in [6, 6.07) is -0.732. The van der Waals surface area contributed by atoms with E-state index in [1.807, 2.05) is 0 Å². The first kappa shape index (κ1) is 49.0. The highest BCUT2D eigenvalue weighted by atomic mass is 16.6. The van der Waals surface area contributed by atoms with Gasteiger partial charge in [0.1, 0.15) is 12.6 Å². The Morgan fingerprint density at radius 3 is 1.60 bits per heavy atom. The van der Waals surface area contributed by atoms with Crippen LogP contribution in [0.25, 0.3) is 0 Å². The Bertz CT molecular complexity index is 1040. The maximum Gasteiger partial charge on any atom is 0.306 e. The summed E-state index contributed by atoms with van der Waals surface area (Å²) in [6.07, 6.45) is 41.1. The number of carboxylic acid groups (broad SMARTS) is 1. The minimum absolute atomic E-state index is 0.0258. The van der Waals surface area contributed by atoms with Crippen LogP contribution < -0.4 is 5.11 Å². The van der Waals surface area contributed by atoms with Crippen molar-refractivity contribution in [3.8, 4) is 0 Å². The summed E-state index contributed by atoms with van der Waals surface area (Å²) in [5.41, 5.74) is 0. The lowest BCUT2D eigenvalue weighted by Gasteiger charge is -2.34. The highest BCUT2D eigenvalue weighted by Gasteiger charge is 2.25. The highest BCUT2D eigenvalue weighted by molar-refractivity contribution is 5.70. The predicted molar refractivity (Wildman–Crippen MR) is 212 cm³/mol. The normalized spacial score (nSPS) is 13.6. The van der Waals surface area contributed by atoms with Crippen molar-refractivity contribution >= 4 is 17.9 Å². The van der Waals surface area contributed by atoms with Crippen LogP contribution in [0.5, 0.6) is 0 Å². The van der Waals surface area contributed by atoms with Crippen LogP contribution in [0.15, 0.2) is 60.8 Å². The molecule has 0 aromatic heterocycles. The van der Waals surface area contributed by atoms with Crippen molar-refractivity contribution in [2.45, 2.75) is 161 Å². The third-order valence-corrected chi connectivity index (χ3v) is 8.67. The molecule has 0 aliphatic carbocycles. The van der Waals surface area contributed by atoms with E-state index in [2.05, 4.69) is 74.6 Å². The zero-order valence-electron chi connectivity index (χ0n) is 33.7. The van der Waals surface area contributed by atoms with E-state index in [-0.39, 0.29) is 49.1 Å². The van der Waals surface area contributed by atoms with Gasteiger partial charge < -0.3 is 28.6 Å². The minimum atomic E-state index is -1.13. The number of allylic oxidation sites excluding steroid dienone is 10. The number of carbonyl (C=O) groups excluding carboxylic acids is 3. The standard InChI is InChI=1S/C44H75NO7/c1-6-8-10-12-14-16-17-18-19-20-21-22-23-24-25-27-29-31-33-35-43(47)52-40(38-50-37-36-41(44(48)49)45(3,4)5)39-51-42(46)34-32-30-28-26-15-13-11-9-7-2/h8,10,14,16,18-19,21-22,24-25,40-41H,6-7,9,11-13,15,17,20,23,26-39H2,1-5H3/b10-8+,16-14+,19-18+,22-21+,25-24+. The van der Waals surface area contributed by atoms with E-state index in [4.69, 9.17) is 14.2 Å². The lowest BCUT2D eigenvalue weighted by Crippen LogP contribution is -2.55. The maximum atomic E-state index is 12.7. The summed E-state index contributed by atoms with van der Waals surface area (Å²) in [5.74, 6) is -1.79. The molecule has 0 saturated carbocycles. The van der Waals surface area contributed by atoms with Gasteiger partial charge in [-0.05, 0) is 57.8 Å². The molecule has 8 heteroatoms. The van der Waals surface area contributed by atoms with Gasteiger partial charge in [-0.3, -0.25) is 9.59 Å². The second-order valence-corrected chi connectivity index (χ2v) is 14.5. The van der Waals surface area contributed by atoms with E-state index >= 15 is 0 Å². The summed E-state index contributed by atoms with van der Waals surface area (Å²) >= 11 is 0. The Morgan fingerprint density at radius 2 is 1.08 bits per heavy atom. The first-order chi connectivity index (χ1) is 25.1. The van der Waals surface area contributed by atoms with Crippen LogP contribution in [0.2, 0.25) is 0 Å². The molecule has 2 unspecified atom stereocenters. The highest BCUT2D eigenvalue weighted by Crippen LogP contribution is 2.12. The SMILES string of the molecule is CC/C=C/C/C=C/C/C=C/C/C=C/C/C=C/CCCCCC(=O)OC(COCCC(C(=O)[O-])[N+](C)(C)C)COC(=O)CCCCCCCCCCC. The molecule has 0 amide bonds. The number of ether oxygens (including phenoxy) is 3. The van der Waals surface area contributed by atoms with E-state index in [1.165, 1.54) is 38.5 Å². The molecule has 2 atom stereocenters. The molecule has 0 radical (unpaired) electrons. The third-order valence-electron chi connectivity index (χ3n) is 8.67. The van der Waals surface area contributed by atoms with Crippen molar-refractivity contribution < 1.29 is 38.2 Å². The Morgan fingerprint density at radius 1 is 0.596 bits per heavy atom. The number of hydrogen-bond donors (Lipinski definition) is 0. The Labute approximate surface area is 318 Å². The fourth-order valence-corrected chi connectivity index (χ4v) is 5.51. The van der Waals surface area contributed by atoms with Crippen LogP contribution in [0.4, 0.5) is 0 Å². The number of aliphatic carboxylic acids is 1. The summed E-state index contributed by atoms with van der Waals surface area (Å²) < 4.78 is 17.1. The van der Waals surface area contributed by atoms with Crippen LogP contribution in [0.1, 0.15) is 149 Å². The van der Waals surface area contributed by atoms with Gasteiger partial charge in [0.2, 0.25) is 0 Å². The van der Waals surface area contributed by atoms with Gasteiger partial charge in [0.05, 0.1) is 40.3 Å². The fraction of sp³-hybridized carbons (Fsp3) is 0.705. The van der Waals surface area contributed by atoms with E-state index in [0.717, 1.165) is 70.6 Å². The van der Waals surface area contributed by atoms with Crippen molar-refractivity contribution in [3.05, 3.63) is 60.8 Å². The summed E-state index contributed by atoms with van der Waals surface area (Å²) in [4.78, 5) is 36.7. The number of unbranched alkanes of at least 4 members (excludes halogenated alkanes) is 11. The molecule has 298 valence electrons. The molecule has 8 nitrogen and oxygen atoms in total. The van der Waals surface area contributed by atoms with Crippen molar-refractivity contribution in [1.29, 1.82) is 0 Å². The average Bonchev–Trinajstić information content (AvgIpc) is 3.09. The molecule has 0 aliphatic rings. The maximum absolute atomic E-state index is 12.7. The molecule has 0 heterocycles. The van der Waals surface area contributed by atoms with E-state index in [0.29, 0.717) is 12.8 Å².